The molecule has 0 radical (unpaired) electrons. The smallest absolute Gasteiger partial charge is 0.855 e. The predicted molar refractivity (Wildman–Crippen MR) is 37.8 cm³/mol. The standard InChI is InChI=1S/C5H11O3.C2H5O.Ti/c1-5(6)8-4-3-7-2;1-2-3;/h5H,3-4H2,1-2H3;2H2,1H3;/q2*-1;+2. The second-order valence-corrected chi connectivity index (χ2v) is 1.72. The van der Waals surface area contributed by atoms with Crippen LogP contribution in [0, 0.1) is 0 Å². The van der Waals surface area contributed by atoms with Gasteiger partial charge in [0.25, 0.3) is 0 Å². The van der Waals surface area contributed by atoms with Gasteiger partial charge in [-0.15, -0.1) is 6.61 Å². The third-order valence-corrected chi connectivity index (χ3v) is 0.640. The van der Waals surface area contributed by atoms with E-state index in [9.17, 15) is 5.11 Å². The summed E-state index contributed by atoms with van der Waals surface area (Å²) in [4.78, 5) is 0. The van der Waals surface area contributed by atoms with Crippen LogP contribution in [0.5, 0.6) is 0 Å². The molecule has 0 aliphatic rings. The molecule has 0 aromatic carbocycles. The average Bonchev–Trinajstić information content (AvgIpc) is 1.89. The van der Waals surface area contributed by atoms with Gasteiger partial charge in [0.2, 0.25) is 0 Å². The summed E-state index contributed by atoms with van der Waals surface area (Å²) in [7, 11) is 1.57. The first-order chi connectivity index (χ1) is 5.18. The van der Waals surface area contributed by atoms with Gasteiger partial charge < -0.3 is 19.7 Å². The van der Waals surface area contributed by atoms with E-state index in [0.717, 1.165) is 0 Å². The fraction of sp³-hybridized carbons (Fsp3) is 1.00. The molecule has 1 unspecified atom stereocenters. The summed E-state index contributed by atoms with van der Waals surface area (Å²) < 4.78 is 9.23. The van der Waals surface area contributed by atoms with E-state index in [1.165, 1.54) is 6.92 Å². The number of methoxy groups -OCH3 is 1. The summed E-state index contributed by atoms with van der Waals surface area (Å²) in [5.41, 5.74) is 0. The van der Waals surface area contributed by atoms with Gasteiger partial charge in [-0.25, -0.2) is 0 Å². The van der Waals surface area contributed by atoms with E-state index in [4.69, 9.17) is 5.11 Å². The van der Waals surface area contributed by atoms with Crippen molar-refractivity contribution in [3.63, 3.8) is 0 Å². The maximum Gasteiger partial charge on any atom is 2.00 e. The average molecular weight is 212 g/mol. The van der Waals surface area contributed by atoms with E-state index in [2.05, 4.69) is 9.47 Å². The first-order valence-corrected chi connectivity index (χ1v) is 3.53. The molecule has 0 heterocycles. The molecule has 4 nitrogen and oxygen atoms in total. The molecule has 0 saturated heterocycles. The van der Waals surface area contributed by atoms with Crippen molar-refractivity contribution in [3.8, 4) is 0 Å². The fourth-order valence-corrected chi connectivity index (χ4v) is 0.297. The van der Waals surface area contributed by atoms with E-state index < -0.39 is 6.29 Å². The molecule has 0 rings (SSSR count). The van der Waals surface area contributed by atoms with Crippen LogP contribution >= 0.6 is 0 Å². The summed E-state index contributed by atoms with van der Waals surface area (Å²) in [5, 5.41) is 19.1. The number of rotatable bonds is 4. The second kappa shape index (κ2) is 17.6. The molecule has 0 amide bonds. The second-order valence-electron chi connectivity index (χ2n) is 1.72. The van der Waals surface area contributed by atoms with Gasteiger partial charge in [-0.1, -0.05) is 13.8 Å². The van der Waals surface area contributed by atoms with Crippen molar-refractivity contribution < 1.29 is 41.4 Å². The third kappa shape index (κ3) is 31.2. The van der Waals surface area contributed by atoms with Gasteiger partial charge in [0, 0.05) is 7.11 Å². The van der Waals surface area contributed by atoms with Gasteiger partial charge in [0.15, 0.2) is 0 Å². The molecule has 0 aromatic heterocycles. The Hall–Kier alpha value is 0.554. The van der Waals surface area contributed by atoms with Crippen LogP contribution < -0.4 is 10.2 Å². The Balaban J connectivity index is -0.000000177. The molecule has 0 spiro atoms. The summed E-state index contributed by atoms with van der Waals surface area (Å²) >= 11 is 0. The van der Waals surface area contributed by atoms with E-state index in [-0.39, 0.29) is 28.3 Å². The SMILES string of the molecule is CC[O-].COCCOC(C)[O-].[Ti+2]. The van der Waals surface area contributed by atoms with E-state index >= 15 is 0 Å². The van der Waals surface area contributed by atoms with Crippen LogP contribution in [-0.4, -0.2) is 33.2 Å². The summed E-state index contributed by atoms with van der Waals surface area (Å²) in [6.07, 6.45) is -0.926. The number of hydrogen-bond acceptors (Lipinski definition) is 4. The number of hydrogen-bond donors (Lipinski definition) is 0. The first-order valence-electron chi connectivity index (χ1n) is 3.53. The van der Waals surface area contributed by atoms with Crippen LogP contribution in [0.4, 0.5) is 0 Å². The van der Waals surface area contributed by atoms with E-state index in [0.29, 0.717) is 13.2 Å². The molecule has 0 fully saturated rings. The zero-order chi connectivity index (χ0) is 9.11. The maximum absolute atomic E-state index is 10.1. The van der Waals surface area contributed by atoms with Crippen molar-refractivity contribution in [1.82, 2.24) is 0 Å². The topological polar surface area (TPSA) is 64.6 Å². The van der Waals surface area contributed by atoms with Crippen LogP contribution in [0.1, 0.15) is 13.8 Å². The van der Waals surface area contributed by atoms with Crippen molar-refractivity contribution in [3.05, 3.63) is 0 Å². The largest absolute Gasteiger partial charge is 2.00 e. The van der Waals surface area contributed by atoms with Crippen molar-refractivity contribution in [2.24, 2.45) is 0 Å². The Morgan fingerprint density at radius 2 is 1.75 bits per heavy atom. The molecule has 0 aliphatic heterocycles. The minimum Gasteiger partial charge on any atom is -0.855 e. The molecule has 1 atom stereocenters. The predicted octanol–water partition coefficient (Wildman–Crippen LogP) is -1.28. The first kappa shape index (κ1) is 18.4. The zero-order valence-corrected chi connectivity index (χ0v) is 9.39. The normalized spacial score (nSPS) is 10.8. The quantitative estimate of drug-likeness (QED) is 0.330. The van der Waals surface area contributed by atoms with Crippen molar-refractivity contribution in [2.45, 2.75) is 20.1 Å². The molecular formula is C7H16O4Ti. The molecule has 72 valence electrons. The molecule has 0 aromatic rings. The van der Waals surface area contributed by atoms with Crippen LogP contribution in [-0.2, 0) is 31.2 Å². The van der Waals surface area contributed by atoms with Gasteiger partial charge in [-0.05, 0) is 6.29 Å². The van der Waals surface area contributed by atoms with E-state index in [1.807, 2.05) is 0 Å². The van der Waals surface area contributed by atoms with Crippen molar-refractivity contribution in [2.75, 3.05) is 26.9 Å². The third-order valence-electron chi connectivity index (χ3n) is 0.640. The maximum atomic E-state index is 10.1. The Morgan fingerprint density at radius 1 is 1.33 bits per heavy atom. The van der Waals surface area contributed by atoms with Gasteiger partial charge in [0.1, 0.15) is 0 Å². The molecule has 5 heteroatoms. The number of ether oxygens (including phenoxy) is 2. The van der Waals surface area contributed by atoms with Gasteiger partial charge in [-0.3, -0.25) is 0 Å². The van der Waals surface area contributed by atoms with Gasteiger partial charge in [0.05, 0.1) is 13.2 Å². The molecule has 0 saturated carbocycles. The Kier molecular flexibility index (Phi) is 26.9. The van der Waals surface area contributed by atoms with Gasteiger partial charge >= 0.3 is 21.7 Å². The van der Waals surface area contributed by atoms with Crippen molar-refractivity contribution >= 4 is 0 Å². The Morgan fingerprint density at radius 3 is 2.00 bits per heavy atom. The summed E-state index contributed by atoms with van der Waals surface area (Å²) in [5.74, 6) is 0. The van der Waals surface area contributed by atoms with E-state index in [1.54, 1.807) is 14.0 Å². The monoisotopic (exact) mass is 212 g/mol. The molecule has 12 heavy (non-hydrogen) atoms. The summed E-state index contributed by atoms with van der Waals surface area (Å²) in [6.45, 7) is 3.91. The zero-order valence-electron chi connectivity index (χ0n) is 7.83. The minimum absolute atomic E-state index is 0. The Labute approximate surface area is 88.8 Å². The molecule has 0 aliphatic carbocycles. The van der Waals surface area contributed by atoms with Crippen LogP contribution in [0.15, 0.2) is 0 Å². The van der Waals surface area contributed by atoms with Crippen LogP contribution in [0.25, 0.3) is 0 Å². The minimum atomic E-state index is -0.926. The summed E-state index contributed by atoms with van der Waals surface area (Å²) in [6, 6.07) is 0. The van der Waals surface area contributed by atoms with Crippen LogP contribution in [0.3, 0.4) is 0 Å². The Bertz CT molecular complexity index is 61.4. The van der Waals surface area contributed by atoms with Crippen molar-refractivity contribution in [1.29, 1.82) is 0 Å². The van der Waals surface area contributed by atoms with Crippen LogP contribution in [0.2, 0.25) is 0 Å². The molecule has 0 N–H and O–H groups in total. The fourth-order valence-electron chi connectivity index (χ4n) is 0.297. The molecular weight excluding hydrogens is 196 g/mol. The van der Waals surface area contributed by atoms with Gasteiger partial charge in [-0.2, -0.15) is 0 Å². The molecule has 0 bridgehead atoms.